The molecule has 1 aromatic carbocycles. The molecule has 0 radical (unpaired) electrons. The lowest BCUT2D eigenvalue weighted by molar-refractivity contribution is -0.139. The van der Waals surface area contributed by atoms with E-state index >= 15 is 0 Å². The number of nitrogens with two attached hydrogens (primary N) is 1. The fraction of sp³-hybridized carbons (Fsp3) is 0.560. The SMILES string of the molecule is CC(C)[C@H]1NC(=O)[C@@H](N)CCCNC(=O)CN(C)C(=O)[C@H](Cc2ccccc2)NC(=O)[C@@H](C)NC1=O. The molecule has 0 bridgehead atoms. The first-order valence-corrected chi connectivity index (χ1v) is 12.2. The van der Waals surface area contributed by atoms with Gasteiger partial charge >= 0.3 is 0 Å². The number of rotatable bonds is 3. The zero-order valence-electron chi connectivity index (χ0n) is 21.4. The average molecular weight is 503 g/mol. The van der Waals surface area contributed by atoms with Crippen molar-refractivity contribution in [1.29, 1.82) is 0 Å². The van der Waals surface area contributed by atoms with Gasteiger partial charge in [0.25, 0.3) is 0 Å². The normalized spacial score (nSPS) is 25.8. The number of benzene rings is 1. The van der Waals surface area contributed by atoms with E-state index in [2.05, 4.69) is 21.3 Å². The Labute approximate surface area is 211 Å². The number of likely N-dealkylation sites (N-methyl/N-ethyl adjacent to an activating group) is 1. The quantitative estimate of drug-likeness (QED) is 0.358. The highest BCUT2D eigenvalue weighted by Gasteiger charge is 2.31. The lowest BCUT2D eigenvalue weighted by Crippen LogP contribution is -2.58. The molecule has 2 rings (SSSR count). The van der Waals surface area contributed by atoms with Gasteiger partial charge in [0.15, 0.2) is 0 Å². The number of amides is 5. The van der Waals surface area contributed by atoms with Crippen LogP contribution < -0.4 is 27.0 Å². The molecule has 1 saturated heterocycles. The van der Waals surface area contributed by atoms with Gasteiger partial charge in [0.2, 0.25) is 29.5 Å². The molecular formula is C25H38N6O5. The molecule has 198 valence electrons. The van der Waals surface area contributed by atoms with Gasteiger partial charge in [-0.25, -0.2) is 0 Å². The molecular weight excluding hydrogens is 464 g/mol. The summed E-state index contributed by atoms with van der Waals surface area (Å²) in [7, 11) is 1.49. The highest BCUT2D eigenvalue weighted by molar-refractivity contribution is 5.95. The standard InChI is InChI=1S/C25H38N6O5/c1-15(2)21-24(35)28-16(3)22(33)29-19(13-17-9-6-5-7-10-17)25(36)31(4)14-20(32)27-12-8-11-18(26)23(34)30-21/h5-7,9-10,15-16,18-19,21H,8,11-14,26H2,1-4H3,(H,27,32)(H,28,35)(H,29,33)(H,30,34)/t16-,18+,19+,21-/m1/s1. The van der Waals surface area contributed by atoms with E-state index in [-0.39, 0.29) is 31.3 Å². The van der Waals surface area contributed by atoms with Crippen molar-refractivity contribution in [3.05, 3.63) is 35.9 Å². The summed E-state index contributed by atoms with van der Waals surface area (Å²) in [4.78, 5) is 65.3. The van der Waals surface area contributed by atoms with E-state index in [0.29, 0.717) is 12.8 Å². The van der Waals surface area contributed by atoms with Gasteiger partial charge in [-0.1, -0.05) is 44.2 Å². The smallest absolute Gasteiger partial charge is 0.245 e. The minimum atomic E-state index is -0.983. The number of hydrogen-bond acceptors (Lipinski definition) is 6. The second-order valence-electron chi connectivity index (χ2n) is 9.50. The van der Waals surface area contributed by atoms with Crippen molar-refractivity contribution in [3.63, 3.8) is 0 Å². The molecule has 1 aliphatic heterocycles. The number of carbonyl (C=O) groups is 5. The van der Waals surface area contributed by atoms with Crippen molar-refractivity contribution < 1.29 is 24.0 Å². The Kier molecular flexibility index (Phi) is 10.8. The van der Waals surface area contributed by atoms with Crippen molar-refractivity contribution in [2.75, 3.05) is 20.1 Å². The molecule has 1 aromatic rings. The third-order valence-corrected chi connectivity index (χ3v) is 6.00. The van der Waals surface area contributed by atoms with Crippen LogP contribution in [0.15, 0.2) is 30.3 Å². The Morgan fingerprint density at radius 3 is 2.28 bits per heavy atom. The van der Waals surface area contributed by atoms with Crippen LogP contribution in [0.3, 0.4) is 0 Å². The molecule has 11 heteroatoms. The number of carbonyl (C=O) groups excluding carboxylic acids is 5. The van der Waals surface area contributed by atoms with E-state index in [1.807, 2.05) is 30.3 Å². The van der Waals surface area contributed by atoms with E-state index in [1.165, 1.54) is 18.9 Å². The molecule has 36 heavy (non-hydrogen) atoms. The van der Waals surface area contributed by atoms with Crippen molar-refractivity contribution in [2.24, 2.45) is 11.7 Å². The van der Waals surface area contributed by atoms with Crippen LogP contribution in [0.2, 0.25) is 0 Å². The molecule has 0 spiro atoms. The topological polar surface area (TPSA) is 163 Å². The highest BCUT2D eigenvalue weighted by atomic mass is 16.2. The molecule has 6 N–H and O–H groups in total. The Balaban J connectivity index is 2.28. The minimum Gasteiger partial charge on any atom is -0.355 e. The summed E-state index contributed by atoms with van der Waals surface area (Å²) in [6.07, 6.45) is 0.951. The van der Waals surface area contributed by atoms with E-state index in [0.717, 1.165) is 5.56 Å². The van der Waals surface area contributed by atoms with Gasteiger partial charge < -0.3 is 31.9 Å². The lowest BCUT2D eigenvalue weighted by Gasteiger charge is -2.28. The molecule has 1 heterocycles. The second-order valence-corrected chi connectivity index (χ2v) is 9.50. The Morgan fingerprint density at radius 2 is 1.64 bits per heavy atom. The van der Waals surface area contributed by atoms with Crippen LogP contribution in [-0.4, -0.2) is 78.7 Å². The monoisotopic (exact) mass is 502 g/mol. The van der Waals surface area contributed by atoms with Crippen molar-refractivity contribution in [3.8, 4) is 0 Å². The van der Waals surface area contributed by atoms with E-state index < -0.39 is 47.8 Å². The van der Waals surface area contributed by atoms with Gasteiger partial charge in [-0.3, -0.25) is 24.0 Å². The van der Waals surface area contributed by atoms with Gasteiger partial charge in [-0.05, 0) is 31.2 Å². The highest BCUT2D eigenvalue weighted by Crippen LogP contribution is 2.08. The summed E-state index contributed by atoms with van der Waals surface area (Å²) >= 11 is 0. The lowest BCUT2D eigenvalue weighted by atomic mass is 10.0. The van der Waals surface area contributed by atoms with Gasteiger partial charge in [0.05, 0.1) is 12.6 Å². The van der Waals surface area contributed by atoms with E-state index in [4.69, 9.17) is 5.73 Å². The van der Waals surface area contributed by atoms with Gasteiger partial charge in [-0.15, -0.1) is 0 Å². The van der Waals surface area contributed by atoms with Gasteiger partial charge in [-0.2, -0.15) is 0 Å². The molecule has 11 nitrogen and oxygen atoms in total. The first-order chi connectivity index (χ1) is 17.0. The van der Waals surface area contributed by atoms with Crippen molar-refractivity contribution >= 4 is 29.5 Å². The summed E-state index contributed by atoms with van der Waals surface area (Å²) < 4.78 is 0. The molecule has 5 amide bonds. The van der Waals surface area contributed by atoms with Crippen molar-refractivity contribution in [2.45, 2.75) is 64.2 Å². The predicted molar refractivity (Wildman–Crippen MR) is 134 cm³/mol. The van der Waals surface area contributed by atoms with Gasteiger partial charge in [0, 0.05) is 20.0 Å². The molecule has 1 fully saturated rings. The van der Waals surface area contributed by atoms with Gasteiger partial charge in [0.1, 0.15) is 18.1 Å². The molecule has 1 aliphatic rings. The molecule has 0 saturated carbocycles. The largest absolute Gasteiger partial charge is 0.355 e. The fourth-order valence-electron chi connectivity index (χ4n) is 3.81. The average Bonchev–Trinajstić information content (AvgIpc) is 2.83. The maximum atomic E-state index is 13.2. The first-order valence-electron chi connectivity index (χ1n) is 12.2. The summed E-state index contributed by atoms with van der Waals surface area (Å²) in [5.41, 5.74) is 6.79. The summed E-state index contributed by atoms with van der Waals surface area (Å²) in [5, 5.41) is 10.7. The number of nitrogens with zero attached hydrogens (tertiary/aromatic N) is 1. The third-order valence-electron chi connectivity index (χ3n) is 6.00. The van der Waals surface area contributed by atoms with Crippen LogP contribution in [0.25, 0.3) is 0 Å². The zero-order valence-corrected chi connectivity index (χ0v) is 21.4. The van der Waals surface area contributed by atoms with Crippen LogP contribution in [0.5, 0.6) is 0 Å². The Morgan fingerprint density at radius 1 is 0.972 bits per heavy atom. The number of hydrogen-bond donors (Lipinski definition) is 5. The van der Waals surface area contributed by atoms with Crippen LogP contribution in [0.1, 0.15) is 39.2 Å². The first kappa shape index (κ1) is 28.8. The molecule has 4 atom stereocenters. The van der Waals surface area contributed by atoms with Crippen LogP contribution in [0, 0.1) is 5.92 Å². The van der Waals surface area contributed by atoms with E-state index in [1.54, 1.807) is 13.8 Å². The van der Waals surface area contributed by atoms with Crippen molar-refractivity contribution in [1.82, 2.24) is 26.2 Å². The molecule has 0 aromatic heterocycles. The van der Waals surface area contributed by atoms with Crippen LogP contribution >= 0.6 is 0 Å². The summed E-state index contributed by atoms with van der Waals surface area (Å²) in [6, 6.07) is 5.48. The predicted octanol–water partition coefficient (Wildman–Crippen LogP) is -0.945. The summed E-state index contributed by atoms with van der Waals surface area (Å²) in [5.74, 6) is -2.64. The molecule has 0 unspecified atom stereocenters. The second kappa shape index (κ2) is 13.6. The molecule has 0 aliphatic carbocycles. The Bertz CT molecular complexity index is 938. The van der Waals surface area contributed by atoms with E-state index in [9.17, 15) is 24.0 Å². The maximum Gasteiger partial charge on any atom is 0.245 e. The van der Waals surface area contributed by atoms with Crippen LogP contribution in [-0.2, 0) is 30.4 Å². The summed E-state index contributed by atoms with van der Waals surface area (Å²) in [6.45, 7) is 5.11. The zero-order chi connectivity index (χ0) is 26.8. The Hall–Kier alpha value is -3.47. The minimum absolute atomic E-state index is 0.200. The maximum absolute atomic E-state index is 13.2. The third kappa shape index (κ3) is 8.63. The number of nitrogens with one attached hydrogen (secondary N) is 4. The van der Waals surface area contributed by atoms with Crippen LogP contribution in [0.4, 0.5) is 0 Å². The fourth-order valence-corrected chi connectivity index (χ4v) is 3.81.